The van der Waals surface area contributed by atoms with Gasteiger partial charge in [-0.05, 0) is 25.5 Å². The number of nitrogens with zero attached hydrogens (tertiary/aromatic N) is 2. The average Bonchev–Trinajstić information content (AvgIpc) is 2.96. The number of hydrogen-bond donors (Lipinski definition) is 2. The second kappa shape index (κ2) is 8.60. The highest BCUT2D eigenvalue weighted by Crippen LogP contribution is 2.22. The molecular formula is C15H20ClN3O5. The van der Waals surface area contributed by atoms with E-state index in [2.05, 4.69) is 5.32 Å². The third-order valence-corrected chi connectivity index (χ3v) is 3.98. The monoisotopic (exact) mass is 357 g/mol. The minimum absolute atomic E-state index is 0. The fraction of sp³-hybridized carbons (Fsp3) is 0.467. The number of carboxylic acid groups (broad SMARTS) is 1. The Morgan fingerprint density at radius 2 is 2.17 bits per heavy atom. The van der Waals surface area contributed by atoms with Crippen LogP contribution in [0.1, 0.15) is 18.4 Å². The molecule has 1 atom stereocenters. The molecule has 1 aliphatic heterocycles. The van der Waals surface area contributed by atoms with E-state index in [1.54, 1.807) is 13.0 Å². The van der Waals surface area contributed by atoms with Crippen LogP contribution in [0.2, 0.25) is 0 Å². The summed E-state index contributed by atoms with van der Waals surface area (Å²) in [6, 6.07) is 4.32. The molecule has 1 heterocycles. The Hall–Kier alpha value is -2.19. The summed E-state index contributed by atoms with van der Waals surface area (Å²) in [5.74, 6) is -1.41. The highest BCUT2D eigenvalue weighted by Gasteiger charge is 2.27. The molecule has 0 saturated carbocycles. The molecule has 24 heavy (non-hydrogen) atoms. The van der Waals surface area contributed by atoms with E-state index >= 15 is 0 Å². The number of non-ortho nitro benzene ring substituents is 1. The SMILES string of the molecule is Cc1ccc([N+](=O)[O-])cc1NC(=O)CCN1CCC(C(=O)O)C1.Cl. The number of likely N-dealkylation sites (tertiary alicyclic amines) is 1. The lowest BCUT2D eigenvalue weighted by molar-refractivity contribution is -0.384. The van der Waals surface area contributed by atoms with Crippen LogP contribution in [-0.4, -0.2) is 46.4 Å². The van der Waals surface area contributed by atoms with Gasteiger partial charge in [0.2, 0.25) is 5.91 Å². The summed E-state index contributed by atoms with van der Waals surface area (Å²) in [5.41, 5.74) is 1.10. The smallest absolute Gasteiger partial charge is 0.307 e. The molecule has 2 N–H and O–H groups in total. The van der Waals surface area contributed by atoms with Gasteiger partial charge < -0.3 is 15.3 Å². The van der Waals surface area contributed by atoms with E-state index in [1.807, 2.05) is 4.90 Å². The molecule has 1 fully saturated rings. The molecule has 0 bridgehead atoms. The van der Waals surface area contributed by atoms with Crippen molar-refractivity contribution in [3.8, 4) is 0 Å². The largest absolute Gasteiger partial charge is 0.481 e. The van der Waals surface area contributed by atoms with Crippen molar-refractivity contribution in [2.45, 2.75) is 19.8 Å². The standard InChI is InChI=1S/C15H19N3O5.ClH/c1-10-2-3-12(18(22)23)8-13(10)16-14(19)5-7-17-6-4-11(9-17)15(20)21;/h2-3,8,11H,4-7,9H2,1H3,(H,16,19)(H,20,21);1H. The summed E-state index contributed by atoms with van der Waals surface area (Å²) in [5, 5.41) is 22.4. The molecule has 9 heteroatoms. The number of aliphatic carboxylic acids is 1. The Bertz CT molecular complexity index is 638. The third kappa shape index (κ3) is 5.17. The molecule has 0 aliphatic carbocycles. The molecule has 1 aromatic rings. The minimum Gasteiger partial charge on any atom is -0.481 e. The molecular weight excluding hydrogens is 338 g/mol. The number of hydrogen-bond acceptors (Lipinski definition) is 5. The van der Waals surface area contributed by atoms with Crippen LogP contribution in [-0.2, 0) is 9.59 Å². The molecule has 1 amide bonds. The molecule has 0 spiro atoms. The van der Waals surface area contributed by atoms with E-state index in [1.165, 1.54) is 12.1 Å². The van der Waals surface area contributed by atoms with Gasteiger partial charge in [0.25, 0.3) is 5.69 Å². The van der Waals surface area contributed by atoms with Gasteiger partial charge in [-0.3, -0.25) is 19.7 Å². The summed E-state index contributed by atoms with van der Waals surface area (Å²) >= 11 is 0. The van der Waals surface area contributed by atoms with Crippen molar-refractivity contribution < 1.29 is 19.6 Å². The zero-order valence-corrected chi connectivity index (χ0v) is 14.0. The van der Waals surface area contributed by atoms with Gasteiger partial charge in [0, 0.05) is 31.6 Å². The first-order valence-corrected chi connectivity index (χ1v) is 7.37. The molecule has 1 aliphatic rings. The predicted octanol–water partition coefficient (Wildman–Crippen LogP) is 2.06. The van der Waals surface area contributed by atoms with Gasteiger partial charge in [-0.25, -0.2) is 0 Å². The van der Waals surface area contributed by atoms with Crippen LogP contribution in [0, 0.1) is 23.0 Å². The first-order valence-electron chi connectivity index (χ1n) is 7.37. The second-order valence-corrected chi connectivity index (χ2v) is 5.68. The van der Waals surface area contributed by atoms with Crippen LogP contribution in [0.15, 0.2) is 18.2 Å². The number of amides is 1. The zero-order chi connectivity index (χ0) is 17.0. The third-order valence-electron chi connectivity index (χ3n) is 3.98. The Labute approximate surface area is 145 Å². The van der Waals surface area contributed by atoms with Crippen LogP contribution in [0.3, 0.4) is 0 Å². The maximum absolute atomic E-state index is 12.0. The van der Waals surface area contributed by atoms with Crippen LogP contribution < -0.4 is 5.32 Å². The quantitative estimate of drug-likeness (QED) is 0.595. The van der Waals surface area contributed by atoms with E-state index in [-0.39, 0.29) is 36.3 Å². The average molecular weight is 358 g/mol. The van der Waals surface area contributed by atoms with E-state index in [0.717, 1.165) is 5.56 Å². The highest BCUT2D eigenvalue weighted by atomic mass is 35.5. The molecule has 1 saturated heterocycles. The van der Waals surface area contributed by atoms with Gasteiger partial charge in [-0.15, -0.1) is 12.4 Å². The number of benzene rings is 1. The minimum atomic E-state index is -0.802. The molecule has 0 aromatic heterocycles. The predicted molar refractivity (Wildman–Crippen MR) is 90.5 cm³/mol. The summed E-state index contributed by atoms with van der Waals surface area (Å²) in [6.45, 7) is 3.36. The second-order valence-electron chi connectivity index (χ2n) is 5.68. The van der Waals surface area contributed by atoms with Crippen LogP contribution in [0.5, 0.6) is 0 Å². The van der Waals surface area contributed by atoms with E-state index in [9.17, 15) is 19.7 Å². The first kappa shape index (κ1) is 19.9. The van der Waals surface area contributed by atoms with Gasteiger partial charge in [0.05, 0.1) is 16.5 Å². The highest BCUT2D eigenvalue weighted by molar-refractivity contribution is 5.92. The van der Waals surface area contributed by atoms with Crippen molar-refractivity contribution in [1.29, 1.82) is 0 Å². The van der Waals surface area contributed by atoms with Gasteiger partial charge in [0.1, 0.15) is 0 Å². The molecule has 8 nitrogen and oxygen atoms in total. The van der Waals surface area contributed by atoms with Crippen molar-refractivity contribution in [2.75, 3.05) is 25.0 Å². The topological polar surface area (TPSA) is 113 Å². The Kier molecular flexibility index (Phi) is 7.12. The maximum Gasteiger partial charge on any atom is 0.307 e. The summed E-state index contributed by atoms with van der Waals surface area (Å²) in [6.07, 6.45) is 0.815. The fourth-order valence-corrected chi connectivity index (χ4v) is 2.57. The normalized spacial score (nSPS) is 17.1. The van der Waals surface area contributed by atoms with Crippen molar-refractivity contribution in [2.24, 2.45) is 5.92 Å². The van der Waals surface area contributed by atoms with Gasteiger partial charge in [0.15, 0.2) is 0 Å². The lowest BCUT2D eigenvalue weighted by Gasteiger charge is -2.15. The van der Waals surface area contributed by atoms with E-state index < -0.39 is 10.9 Å². The van der Waals surface area contributed by atoms with E-state index in [4.69, 9.17) is 5.11 Å². The number of anilines is 1. The molecule has 1 unspecified atom stereocenters. The fourth-order valence-electron chi connectivity index (χ4n) is 2.57. The molecule has 0 radical (unpaired) electrons. The number of halogens is 1. The van der Waals surface area contributed by atoms with Crippen LogP contribution in [0.25, 0.3) is 0 Å². The summed E-state index contributed by atoms with van der Waals surface area (Å²) in [7, 11) is 0. The van der Waals surface area contributed by atoms with Crippen LogP contribution in [0.4, 0.5) is 11.4 Å². The summed E-state index contributed by atoms with van der Waals surface area (Å²) < 4.78 is 0. The lowest BCUT2D eigenvalue weighted by Crippen LogP contribution is -2.27. The maximum atomic E-state index is 12.0. The lowest BCUT2D eigenvalue weighted by atomic mass is 10.1. The molecule has 2 rings (SSSR count). The first-order chi connectivity index (χ1) is 10.9. The number of rotatable bonds is 6. The number of carboxylic acids is 1. The Morgan fingerprint density at radius 1 is 1.46 bits per heavy atom. The Morgan fingerprint density at radius 3 is 2.75 bits per heavy atom. The van der Waals surface area contributed by atoms with Gasteiger partial charge >= 0.3 is 5.97 Å². The van der Waals surface area contributed by atoms with E-state index in [0.29, 0.717) is 31.7 Å². The van der Waals surface area contributed by atoms with Gasteiger partial charge in [-0.1, -0.05) is 6.07 Å². The number of nitro groups is 1. The van der Waals surface area contributed by atoms with Crippen molar-refractivity contribution in [1.82, 2.24) is 4.90 Å². The van der Waals surface area contributed by atoms with Crippen LogP contribution >= 0.6 is 12.4 Å². The number of nitrogens with one attached hydrogen (secondary N) is 1. The zero-order valence-electron chi connectivity index (χ0n) is 13.2. The number of aryl methyl sites for hydroxylation is 1. The van der Waals surface area contributed by atoms with Gasteiger partial charge in [-0.2, -0.15) is 0 Å². The van der Waals surface area contributed by atoms with Crippen molar-refractivity contribution >= 4 is 35.7 Å². The molecule has 1 aromatic carbocycles. The van der Waals surface area contributed by atoms with Crippen molar-refractivity contribution in [3.63, 3.8) is 0 Å². The Balaban J connectivity index is 0.00000288. The summed E-state index contributed by atoms with van der Waals surface area (Å²) in [4.78, 5) is 35.1. The van der Waals surface area contributed by atoms with Crippen molar-refractivity contribution in [3.05, 3.63) is 33.9 Å². The molecule has 132 valence electrons. The number of nitro benzene ring substituents is 1. The number of carbonyl (C=O) groups is 2. The number of carbonyl (C=O) groups excluding carboxylic acids is 1.